The number of Topliss-reactive ketones (excluding diaryl/α,β-unsaturated/α-hetero) is 1. The van der Waals surface area contributed by atoms with Gasteiger partial charge in [-0.1, -0.05) is 220 Å². The molecule has 0 N–H and O–H groups in total. The van der Waals surface area contributed by atoms with E-state index in [4.69, 9.17) is 13.7 Å². The fraction of sp³-hybridized carbons (Fsp3) is 0.956. The number of sulfonamides is 1. The van der Waals surface area contributed by atoms with Crippen LogP contribution < -0.4 is 0 Å². The molecule has 0 heterocycles. The number of nitrogens with zero attached hydrogens (tertiary/aromatic N) is 2. The highest BCUT2D eigenvalue weighted by atomic mass is 32.2. The zero-order chi connectivity index (χ0) is 83.1. The summed E-state index contributed by atoms with van der Waals surface area (Å²) in [5, 5.41) is 0. The maximum atomic E-state index is 11.3. The van der Waals surface area contributed by atoms with Crippen LogP contribution in [0.4, 0.5) is 0 Å². The molecule has 0 bridgehead atoms. The Hall–Kier alpha value is -1.91. The van der Waals surface area contributed by atoms with Crippen LogP contribution in [0, 0.1) is 16.2 Å². The summed E-state index contributed by atoms with van der Waals surface area (Å²) in [5.74, 6) is 0.0185. The standard InChI is InChI=1S/C7H15NO.C6H15NO2S.2C6H12O2.C6H12O.2C5H12O3S.3C5H12O2S.C5H12OS.C5H12O.24CH4/c1-7(2,3)6(9)8(4)5;1-6(2,3)10(8,9)7(4)5;1-6(2,3)5(7)8-4;1-5(7)8-6(2,3)4;1-5(7)6(2,3)4;1-5(2,3)8-9(4,6)7;1-5(2,3)9(6,7)8-4;1-5(2,3)8(4,6)7;1-5(2,3)7-8(4)6;1-5(2,3)8(6)7-4;1-5(2,3)7(4)6;1-5(2,3)6-4;;;;;;;;;;;;;;;;;;;;;;;;/h1-5H3;1-5H3;2*1-4H3;1-4H3;2*1-4H3;3*1-4H3;1-4H3;1-4H3;24*1H4. The molecule has 0 spiro atoms. The predicted molar refractivity (Wildman–Crippen MR) is 572 cm³/mol. The zero-order valence-corrected chi connectivity index (χ0v) is 76.4. The van der Waals surface area contributed by atoms with Gasteiger partial charge >= 0.3 is 11.9 Å². The number of sulfone groups is 1. The molecule has 0 saturated heterocycles. The molecule has 3 unspecified atom stereocenters. The minimum atomic E-state index is -3.34. The third-order valence-electron chi connectivity index (χ3n) is 9.58. The number of hydrogen-bond donors (Lipinski definition) is 0. The summed E-state index contributed by atoms with van der Waals surface area (Å²) in [6, 6.07) is 0. The topological polar surface area (TPSA) is 327 Å². The van der Waals surface area contributed by atoms with E-state index in [1.54, 1.807) is 136 Å². The molecule has 0 aliphatic carbocycles. The van der Waals surface area contributed by atoms with Crippen LogP contribution >= 0.6 is 0 Å². The van der Waals surface area contributed by atoms with Gasteiger partial charge in [0.15, 0.2) is 32.0 Å². The molecule has 1 amide bonds. The van der Waals surface area contributed by atoms with Gasteiger partial charge in [0.05, 0.1) is 68.8 Å². The van der Waals surface area contributed by atoms with E-state index in [0.29, 0.717) is 0 Å². The van der Waals surface area contributed by atoms with Crippen LogP contribution in [0.15, 0.2) is 0 Å². The van der Waals surface area contributed by atoms with Crippen LogP contribution in [0.5, 0.6) is 0 Å². The molecular formula is C90H246N2O22S7. The van der Waals surface area contributed by atoms with E-state index in [1.807, 2.05) is 166 Å². The van der Waals surface area contributed by atoms with Gasteiger partial charge in [-0.05, 0) is 215 Å². The van der Waals surface area contributed by atoms with Gasteiger partial charge in [0.25, 0.3) is 20.2 Å². The summed E-state index contributed by atoms with van der Waals surface area (Å²) < 4.78 is 149. The number of carbonyl (C=O) groups is 4. The fourth-order valence-corrected chi connectivity index (χ4v) is 6.97. The molecule has 0 aromatic heterocycles. The molecule has 0 aliphatic rings. The van der Waals surface area contributed by atoms with Gasteiger partial charge in [0.1, 0.15) is 11.4 Å². The molecule has 121 heavy (non-hydrogen) atoms. The van der Waals surface area contributed by atoms with Crippen molar-refractivity contribution in [1.82, 2.24) is 9.21 Å². The van der Waals surface area contributed by atoms with Gasteiger partial charge in [0, 0.05) is 87.4 Å². The quantitative estimate of drug-likeness (QED) is 0.182. The van der Waals surface area contributed by atoms with Gasteiger partial charge in [-0.2, -0.15) is 16.8 Å². The lowest BCUT2D eigenvalue weighted by atomic mass is 9.92. The van der Waals surface area contributed by atoms with Crippen LogP contribution in [0.1, 0.15) is 441 Å². The van der Waals surface area contributed by atoms with Gasteiger partial charge in [-0.25, -0.2) is 29.6 Å². The number of hydrogen-bond acceptors (Lipinski definition) is 22. The van der Waals surface area contributed by atoms with Gasteiger partial charge in [-0.3, -0.25) is 40.1 Å². The predicted octanol–water partition coefficient (Wildman–Crippen LogP) is 28.4. The molecule has 0 radical (unpaired) electrons. The van der Waals surface area contributed by atoms with Gasteiger partial charge < -0.3 is 19.1 Å². The Morgan fingerprint density at radius 3 is 0.579 bits per heavy atom. The summed E-state index contributed by atoms with van der Waals surface area (Å²) >= 11 is -2.28. The summed E-state index contributed by atoms with van der Waals surface area (Å²) in [6.45, 7) is 68.6. The summed E-state index contributed by atoms with van der Waals surface area (Å²) in [4.78, 5) is 44.0. The van der Waals surface area contributed by atoms with Crippen molar-refractivity contribution >= 4 is 96.7 Å². The Morgan fingerprint density at radius 1 is 0.347 bits per heavy atom. The smallest absolute Gasteiger partial charge is 0.310 e. The average molecular weight is 1930 g/mol. The van der Waals surface area contributed by atoms with Crippen molar-refractivity contribution in [2.45, 2.75) is 487 Å². The Kier molecular flexibility index (Phi) is 196. The Bertz CT molecular complexity index is 2630. The monoisotopic (exact) mass is 1930 g/mol. The highest BCUT2D eigenvalue weighted by Gasteiger charge is 2.31. The minimum absolute atomic E-state index is 0. The van der Waals surface area contributed by atoms with Crippen molar-refractivity contribution in [3.8, 4) is 0 Å². The van der Waals surface area contributed by atoms with Crippen LogP contribution in [-0.4, -0.2) is 207 Å². The van der Waals surface area contributed by atoms with E-state index < -0.39 is 92.9 Å². The molecule has 0 fully saturated rings. The summed E-state index contributed by atoms with van der Waals surface area (Å²) in [7, 11) is -0.877. The molecule has 0 saturated carbocycles. The highest BCUT2D eigenvalue weighted by molar-refractivity contribution is 7.92. The minimum Gasteiger partial charge on any atom is -0.469 e. The van der Waals surface area contributed by atoms with Crippen molar-refractivity contribution < 1.29 is 96.4 Å². The van der Waals surface area contributed by atoms with Crippen LogP contribution in [-0.2, 0) is 123 Å². The maximum absolute atomic E-state index is 11.3. The summed E-state index contributed by atoms with van der Waals surface area (Å²) in [6.07, 6.45) is 5.52. The number of esters is 2. The molecule has 24 nitrogen and oxygen atoms in total. The molecule has 31 heteroatoms. The Balaban J connectivity index is -0.0000000188. The number of amides is 1. The molecule has 3 atom stereocenters. The van der Waals surface area contributed by atoms with Crippen molar-refractivity contribution in [2.24, 2.45) is 16.2 Å². The highest BCUT2D eigenvalue weighted by Crippen LogP contribution is 2.19. The number of ether oxygens (including phenoxy) is 3. The first-order chi connectivity index (χ1) is 41.1. The number of carbonyl (C=O) groups excluding carboxylic acids is 4. The molecule has 0 rings (SSSR count). The largest absolute Gasteiger partial charge is 0.469 e. The molecular weight excluding hydrogens is 1690 g/mol. The lowest BCUT2D eigenvalue weighted by Crippen LogP contribution is -2.38. The second-order valence-corrected chi connectivity index (χ2v) is 48.5. The van der Waals surface area contributed by atoms with Crippen molar-refractivity contribution in [1.29, 1.82) is 0 Å². The number of ketones is 1. The van der Waals surface area contributed by atoms with E-state index in [2.05, 4.69) is 17.3 Å². The lowest BCUT2D eigenvalue weighted by molar-refractivity contribution is -0.152. The first kappa shape index (κ1) is 241. The lowest BCUT2D eigenvalue weighted by Gasteiger charge is -2.23. The maximum Gasteiger partial charge on any atom is 0.310 e. The molecule has 790 valence electrons. The normalized spacial score (nSPS) is 10.8. The van der Waals surface area contributed by atoms with Crippen LogP contribution in [0.25, 0.3) is 0 Å². The molecule has 0 aromatic carbocycles. The van der Waals surface area contributed by atoms with E-state index in [0.717, 1.165) is 6.26 Å². The third kappa shape index (κ3) is 192. The van der Waals surface area contributed by atoms with E-state index in [9.17, 15) is 65.5 Å². The van der Waals surface area contributed by atoms with Crippen molar-refractivity contribution in [3.63, 3.8) is 0 Å². The Morgan fingerprint density at radius 2 is 0.579 bits per heavy atom. The van der Waals surface area contributed by atoms with E-state index in [1.165, 1.54) is 45.1 Å². The van der Waals surface area contributed by atoms with Gasteiger partial charge in [0.2, 0.25) is 15.9 Å². The SMILES string of the molecule is C.C.C.C.C.C.C.C.C.C.C.C.C.C.C.C.C.C.C.C.C.C.C.C.CC(=O)C(C)(C)C.CC(=O)OC(C)(C)C.CC(C)(C)OS(C)(=O)=O.CC(C)(C)S(C)(=O)=O.CN(C)C(=O)C(C)(C)C.CN(C)S(=O)(=O)C(C)(C)C.COC(=O)C(C)(C)C.COC(C)(C)C.COS(=O)(=O)C(C)(C)C.COS(=O)C(C)(C)C.CS(=O)C(C)(C)C.CS(=O)OC(C)(C)C. The average Bonchev–Trinajstić information content (AvgIpc) is 0.830. The third-order valence-corrected chi connectivity index (χ3v) is 20.8. The van der Waals surface area contributed by atoms with E-state index >= 15 is 0 Å². The van der Waals surface area contributed by atoms with Crippen molar-refractivity contribution in [3.05, 3.63) is 0 Å². The second-order valence-electron chi connectivity index (χ2n) is 33.6. The molecule has 0 aliphatic heterocycles. The summed E-state index contributed by atoms with van der Waals surface area (Å²) in [5.41, 5.74) is -1.89. The first-order valence-corrected chi connectivity index (χ1v) is 41.4. The van der Waals surface area contributed by atoms with Crippen LogP contribution in [0.3, 0.4) is 0 Å². The molecule has 0 aromatic rings. The van der Waals surface area contributed by atoms with Crippen molar-refractivity contribution in [2.75, 3.05) is 81.7 Å². The first-order valence-electron chi connectivity index (χ1n) is 30.8. The number of methoxy groups -OCH3 is 2. The van der Waals surface area contributed by atoms with Gasteiger partial charge in [-0.15, -0.1) is 0 Å². The zero-order valence-electron chi connectivity index (χ0n) is 70.7. The second kappa shape index (κ2) is 98.7. The van der Waals surface area contributed by atoms with Crippen LogP contribution in [0.2, 0.25) is 0 Å². The fourth-order valence-electron chi connectivity index (χ4n) is 3.26. The van der Waals surface area contributed by atoms with E-state index in [-0.39, 0.29) is 244 Å². The number of rotatable bonds is 5. The Labute approximate surface area is 782 Å².